The third-order valence-corrected chi connectivity index (χ3v) is 8.81. The number of esters is 1. The number of aromatic hydroxyl groups is 2. The van der Waals surface area contributed by atoms with Crippen LogP contribution in [-0.2, 0) is 14.3 Å². The molecule has 4 aliphatic rings. The number of ether oxygens (including phenoxy) is 1. The summed E-state index contributed by atoms with van der Waals surface area (Å²) >= 11 is 0. The van der Waals surface area contributed by atoms with E-state index in [1.54, 1.807) is 24.3 Å². The van der Waals surface area contributed by atoms with Crippen LogP contribution in [-0.4, -0.2) is 28.1 Å². The standard InChI is InChI=1S/C33H37NO5/c1-18-13-19(2)28(26(36)14-18)22-16-25-30(27(37)17-22)29(21-7-6-8-23(35)15-21)31(32(34-25)20-11-12-20)33(38)39-24-9-4-3-5-10-24/h6-8,13-15,20,22,24,29,34-36H,3-5,9-12,16-17H2,1-2H3. The number of hydrogen-bond donors (Lipinski definition) is 3. The number of aryl methyl sites for hydroxylation is 2. The van der Waals surface area contributed by atoms with Crippen molar-refractivity contribution in [2.75, 3.05) is 0 Å². The van der Waals surface area contributed by atoms with Gasteiger partial charge in [-0.1, -0.05) is 24.6 Å². The van der Waals surface area contributed by atoms with Gasteiger partial charge in [0.15, 0.2) is 5.78 Å². The van der Waals surface area contributed by atoms with Crippen LogP contribution in [0, 0.1) is 19.8 Å². The molecular formula is C33H37NO5. The van der Waals surface area contributed by atoms with E-state index in [0.29, 0.717) is 17.6 Å². The Morgan fingerprint density at radius 1 is 0.949 bits per heavy atom. The highest BCUT2D eigenvalue weighted by molar-refractivity contribution is 6.04. The second kappa shape index (κ2) is 10.2. The monoisotopic (exact) mass is 527 g/mol. The summed E-state index contributed by atoms with van der Waals surface area (Å²) in [6.45, 7) is 3.93. The molecular weight excluding hydrogens is 490 g/mol. The van der Waals surface area contributed by atoms with Crippen LogP contribution in [0.5, 0.6) is 11.5 Å². The van der Waals surface area contributed by atoms with Gasteiger partial charge in [-0.15, -0.1) is 0 Å². The third kappa shape index (κ3) is 4.97. The average molecular weight is 528 g/mol. The molecule has 2 saturated carbocycles. The molecule has 0 radical (unpaired) electrons. The zero-order valence-corrected chi connectivity index (χ0v) is 22.8. The fourth-order valence-electron chi connectivity index (χ4n) is 6.96. The average Bonchev–Trinajstić information content (AvgIpc) is 3.73. The highest BCUT2D eigenvalue weighted by atomic mass is 16.5. The minimum atomic E-state index is -0.596. The van der Waals surface area contributed by atoms with Crippen LogP contribution in [0.4, 0.5) is 0 Å². The Kier molecular flexibility index (Phi) is 6.74. The van der Waals surface area contributed by atoms with Crippen LogP contribution in [0.1, 0.15) is 91.9 Å². The molecule has 2 unspecified atom stereocenters. The first-order chi connectivity index (χ1) is 18.8. The van der Waals surface area contributed by atoms with Crippen molar-refractivity contribution in [1.82, 2.24) is 5.32 Å². The highest BCUT2D eigenvalue weighted by Crippen LogP contribution is 2.51. The summed E-state index contributed by atoms with van der Waals surface area (Å²) in [6.07, 6.45) is 7.69. The number of dihydropyridines is 1. The van der Waals surface area contributed by atoms with Crippen molar-refractivity contribution in [2.45, 2.75) is 89.6 Å². The molecule has 2 fully saturated rings. The maximum absolute atomic E-state index is 14.0. The third-order valence-electron chi connectivity index (χ3n) is 8.81. The number of hydrogen-bond acceptors (Lipinski definition) is 6. The predicted octanol–water partition coefficient (Wildman–Crippen LogP) is 6.34. The van der Waals surface area contributed by atoms with Crippen molar-refractivity contribution in [1.29, 1.82) is 0 Å². The first kappa shape index (κ1) is 25.7. The summed E-state index contributed by atoms with van der Waals surface area (Å²) in [4.78, 5) is 27.9. The van der Waals surface area contributed by atoms with Crippen molar-refractivity contribution in [3.8, 4) is 11.5 Å². The minimum absolute atomic E-state index is 0.0423. The van der Waals surface area contributed by atoms with Gasteiger partial charge in [-0.25, -0.2) is 4.79 Å². The molecule has 2 atom stereocenters. The van der Waals surface area contributed by atoms with Gasteiger partial charge in [0.2, 0.25) is 0 Å². The molecule has 0 saturated heterocycles. The number of Topliss-reactive ketones (excluding diaryl/α,β-unsaturated/α-hetero) is 1. The van der Waals surface area contributed by atoms with E-state index in [-0.39, 0.29) is 47.6 Å². The molecule has 3 N–H and O–H groups in total. The molecule has 6 nitrogen and oxygen atoms in total. The maximum Gasteiger partial charge on any atom is 0.337 e. The van der Waals surface area contributed by atoms with Gasteiger partial charge in [-0.05, 0) is 99.6 Å². The number of ketones is 1. The molecule has 0 amide bonds. The van der Waals surface area contributed by atoms with E-state index in [1.165, 1.54) is 6.42 Å². The van der Waals surface area contributed by atoms with E-state index in [2.05, 4.69) is 5.32 Å². The lowest BCUT2D eigenvalue weighted by Crippen LogP contribution is -2.38. The first-order valence-corrected chi connectivity index (χ1v) is 14.4. The fraction of sp³-hybridized carbons (Fsp3) is 0.455. The summed E-state index contributed by atoms with van der Waals surface area (Å²) in [5, 5.41) is 24.8. The van der Waals surface area contributed by atoms with Crippen LogP contribution in [0.2, 0.25) is 0 Å². The minimum Gasteiger partial charge on any atom is -0.508 e. The second-order valence-corrected chi connectivity index (χ2v) is 11.9. The van der Waals surface area contributed by atoms with E-state index in [4.69, 9.17) is 4.74 Å². The number of phenolic OH excluding ortho intramolecular Hbond substituents is 2. The van der Waals surface area contributed by atoms with Gasteiger partial charge in [0.25, 0.3) is 0 Å². The predicted molar refractivity (Wildman–Crippen MR) is 148 cm³/mol. The second-order valence-electron chi connectivity index (χ2n) is 11.9. The quantitative estimate of drug-likeness (QED) is 0.393. The molecule has 6 rings (SSSR count). The Hall–Kier alpha value is -3.54. The summed E-state index contributed by atoms with van der Waals surface area (Å²) in [5.41, 5.74) is 6.28. The molecule has 1 aliphatic heterocycles. The summed E-state index contributed by atoms with van der Waals surface area (Å²) in [6, 6.07) is 10.7. The van der Waals surface area contributed by atoms with Crippen molar-refractivity contribution >= 4 is 11.8 Å². The van der Waals surface area contributed by atoms with E-state index < -0.39 is 5.92 Å². The van der Waals surface area contributed by atoms with Crippen LogP contribution >= 0.6 is 0 Å². The van der Waals surface area contributed by atoms with Crippen molar-refractivity contribution in [2.24, 2.45) is 5.92 Å². The Labute approximate surface area is 229 Å². The first-order valence-electron chi connectivity index (χ1n) is 14.4. The normalized spacial score (nSPS) is 23.9. The maximum atomic E-state index is 14.0. The largest absolute Gasteiger partial charge is 0.508 e. The molecule has 1 heterocycles. The lowest BCUT2D eigenvalue weighted by Gasteiger charge is -2.38. The lowest BCUT2D eigenvalue weighted by molar-refractivity contribution is -0.146. The smallest absolute Gasteiger partial charge is 0.337 e. The number of rotatable bonds is 5. The topological polar surface area (TPSA) is 95.9 Å². The van der Waals surface area contributed by atoms with Gasteiger partial charge in [-0.3, -0.25) is 4.79 Å². The molecule has 0 aromatic heterocycles. The van der Waals surface area contributed by atoms with E-state index in [1.807, 2.05) is 26.0 Å². The number of nitrogens with one attached hydrogen (secondary N) is 1. The van der Waals surface area contributed by atoms with Gasteiger partial charge in [0.05, 0.1) is 5.57 Å². The van der Waals surface area contributed by atoms with Crippen molar-refractivity contribution < 1.29 is 24.5 Å². The fourth-order valence-corrected chi connectivity index (χ4v) is 6.96. The van der Waals surface area contributed by atoms with Gasteiger partial charge in [0.1, 0.15) is 17.6 Å². The molecule has 2 aromatic rings. The summed E-state index contributed by atoms with van der Waals surface area (Å²) in [5.74, 6) is -0.603. The van der Waals surface area contributed by atoms with Crippen molar-refractivity contribution in [3.05, 3.63) is 81.2 Å². The van der Waals surface area contributed by atoms with Gasteiger partial charge in [0, 0.05) is 40.8 Å². The highest BCUT2D eigenvalue weighted by Gasteiger charge is 2.46. The zero-order valence-electron chi connectivity index (χ0n) is 22.8. The molecule has 2 aromatic carbocycles. The molecule has 3 aliphatic carbocycles. The molecule has 6 heteroatoms. The van der Waals surface area contributed by atoms with Crippen LogP contribution in [0.3, 0.4) is 0 Å². The Bertz CT molecular complexity index is 1370. The van der Waals surface area contributed by atoms with Gasteiger partial charge >= 0.3 is 5.97 Å². The van der Waals surface area contributed by atoms with Crippen molar-refractivity contribution in [3.63, 3.8) is 0 Å². The number of benzene rings is 2. The molecule has 0 spiro atoms. The Balaban J connectivity index is 1.44. The number of carbonyl (C=O) groups is 2. The van der Waals surface area contributed by atoms with Crippen LogP contribution in [0.25, 0.3) is 0 Å². The van der Waals surface area contributed by atoms with E-state index in [9.17, 15) is 19.8 Å². The number of carbonyl (C=O) groups excluding carboxylic acids is 2. The van der Waals surface area contributed by atoms with Gasteiger partial charge in [-0.2, -0.15) is 0 Å². The SMILES string of the molecule is Cc1cc(C)c(C2CC(=O)C3=C(C2)NC(C2CC2)=C(C(=O)OC2CCCCC2)C3c2cccc(O)c2)c(O)c1. The Morgan fingerprint density at radius 3 is 2.41 bits per heavy atom. The lowest BCUT2D eigenvalue weighted by atomic mass is 9.70. The number of phenols is 2. The Morgan fingerprint density at radius 2 is 1.72 bits per heavy atom. The zero-order chi connectivity index (χ0) is 27.3. The van der Waals surface area contributed by atoms with E-state index in [0.717, 1.165) is 72.2 Å². The summed E-state index contributed by atoms with van der Waals surface area (Å²) in [7, 11) is 0. The van der Waals surface area contributed by atoms with E-state index >= 15 is 0 Å². The molecule has 39 heavy (non-hydrogen) atoms. The number of allylic oxidation sites excluding steroid dienone is 3. The van der Waals surface area contributed by atoms with Crippen LogP contribution in [0.15, 0.2) is 58.9 Å². The van der Waals surface area contributed by atoms with Crippen LogP contribution < -0.4 is 5.32 Å². The molecule has 204 valence electrons. The molecule has 0 bridgehead atoms. The van der Waals surface area contributed by atoms with Gasteiger partial charge < -0.3 is 20.3 Å². The summed E-state index contributed by atoms with van der Waals surface area (Å²) < 4.78 is 6.10.